The lowest BCUT2D eigenvalue weighted by Gasteiger charge is -2.37. The number of rotatable bonds is 1. The summed E-state index contributed by atoms with van der Waals surface area (Å²) in [5.74, 6) is 0.0355. The van der Waals surface area contributed by atoms with E-state index in [4.69, 9.17) is 0 Å². The first kappa shape index (κ1) is 13.0. The number of carbonyl (C=O) groups excluding carboxylic acids is 1. The van der Waals surface area contributed by atoms with Gasteiger partial charge in [0.2, 0.25) is 0 Å². The summed E-state index contributed by atoms with van der Waals surface area (Å²) in [6.45, 7) is 5.73. The number of halogens is 1. The van der Waals surface area contributed by atoms with E-state index in [-0.39, 0.29) is 24.4 Å². The first-order chi connectivity index (χ1) is 7.18. The third-order valence-electron chi connectivity index (χ3n) is 2.76. The van der Waals surface area contributed by atoms with E-state index in [1.807, 2.05) is 11.8 Å². The number of nitrogens with zero attached hydrogens (tertiary/aromatic N) is 2. The van der Waals surface area contributed by atoms with Gasteiger partial charge in [-0.25, -0.2) is 0 Å². The molecule has 2 atom stereocenters. The van der Waals surface area contributed by atoms with Crippen LogP contribution in [0.5, 0.6) is 0 Å². The van der Waals surface area contributed by atoms with Gasteiger partial charge in [-0.15, -0.1) is 12.4 Å². The second-order valence-electron chi connectivity index (χ2n) is 4.09. The Morgan fingerprint density at radius 3 is 2.94 bits per heavy atom. The molecule has 1 saturated heterocycles. The lowest BCUT2D eigenvalue weighted by Crippen LogP contribution is -2.56. The van der Waals surface area contributed by atoms with Crippen molar-refractivity contribution in [2.75, 3.05) is 13.1 Å². The summed E-state index contributed by atoms with van der Waals surface area (Å²) in [6.07, 6.45) is 1.60. The van der Waals surface area contributed by atoms with Crippen LogP contribution >= 0.6 is 12.4 Å². The zero-order chi connectivity index (χ0) is 10.8. The summed E-state index contributed by atoms with van der Waals surface area (Å²) < 4.78 is 0. The third-order valence-corrected chi connectivity index (χ3v) is 2.76. The van der Waals surface area contributed by atoms with Crippen LogP contribution in [0.4, 0.5) is 0 Å². The maximum atomic E-state index is 12.0. The van der Waals surface area contributed by atoms with Crippen molar-refractivity contribution in [3.8, 4) is 0 Å². The first-order valence-electron chi connectivity index (χ1n) is 5.22. The van der Waals surface area contributed by atoms with E-state index >= 15 is 0 Å². The topological polar surface area (TPSA) is 61.0 Å². The normalized spacial score (nSPS) is 25.0. The number of carbonyl (C=O) groups is 1. The van der Waals surface area contributed by atoms with Gasteiger partial charge in [-0.1, -0.05) is 0 Å². The maximum Gasteiger partial charge on any atom is 0.272 e. The first-order valence-corrected chi connectivity index (χ1v) is 5.22. The fourth-order valence-corrected chi connectivity index (χ4v) is 1.83. The van der Waals surface area contributed by atoms with E-state index in [2.05, 4.69) is 22.4 Å². The van der Waals surface area contributed by atoms with Crippen molar-refractivity contribution >= 4 is 18.3 Å². The average Bonchev–Trinajstić information content (AvgIpc) is 2.74. The average molecular weight is 245 g/mol. The number of H-pyrrole nitrogens is 1. The van der Waals surface area contributed by atoms with Crippen LogP contribution in [0.2, 0.25) is 0 Å². The van der Waals surface area contributed by atoms with Crippen molar-refractivity contribution in [1.29, 1.82) is 0 Å². The molecule has 0 saturated carbocycles. The molecule has 1 aromatic rings. The van der Waals surface area contributed by atoms with Gasteiger partial charge in [-0.3, -0.25) is 9.89 Å². The highest BCUT2D eigenvalue weighted by atomic mass is 35.5. The molecule has 0 aliphatic carbocycles. The zero-order valence-corrected chi connectivity index (χ0v) is 10.3. The minimum absolute atomic E-state index is 0. The Bertz CT molecular complexity index is 341. The van der Waals surface area contributed by atoms with Crippen molar-refractivity contribution in [3.05, 3.63) is 18.0 Å². The lowest BCUT2D eigenvalue weighted by molar-refractivity contribution is 0.0610. The second-order valence-corrected chi connectivity index (χ2v) is 4.09. The zero-order valence-electron chi connectivity index (χ0n) is 9.43. The Balaban J connectivity index is 0.00000128. The highest BCUT2D eigenvalue weighted by molar-refractivity contribution is 5.92. The summed E-state index contributed by atoms with van der Waals surface area (Å²) >= 11 is 0. The van der Waals surface area contributed by atoms with Crippen LogP contribution in [0, 0.1) is 0 Å². The molecule has 0 radical (unpaired) electrons. The lowest BCUT2D eigenvalue weighted by atomic mass is 10.1. The molecule has 0 bridgehead atoms. The Kier molecular flexibility index (Phi) is 4.32. The van der Waals surface area contributed by atoms with Crippen LogP contribution < -0.4 is 5.32 Å². The predicted octanol–water partition coefficient (Wildman–Crippen LogP) is 0.654. The molecule has 5 nitrogen and oxygen atoms in total. The summed E-state index contributed by atoms with van der Waals surface area (Å²) in [7, 11) is 0. The van der Waals surface area contributed by atoms with Crippen LogP contribution in [0.3, 0.4) is 0 Å². The molecule has 90 valence electrons. The second kappa shape index (κ2) is 5.32. The molecule has 1 fully saturated rings. The van der Waals surface area contributed by atoms with Crippen LogP contribution in [0.15, 0.2) is 12.3 Å². The Morgan fingerprint density at radius 2 is 2.31 bits per heavy atom. The largest absolute Gasteiger partial charge is 0.332 e. The number of aromatic amines is 1. The van der Waals surface area contributed by atoms with Crippen LogP contribution in [0.25, 0.3) is 0 Å². The highest BCUT2D eigenvalue weighted by Gasteiger charge is 2.27. The van der Waals surface area contributed by atoms with Crippen molar-refractivity contribution in [2.45, 2.75) is 25.9 Å². The molecule has 16 heavy (non-hydrogen) atoms. The minimum Gasteiger partial charge on any atom is -0.332 e. The molecule has 1 aliphatic heterocycles. The number of hydrogen-bond acceptors (Lipinski definition) is 3. The van der Waals surface area contributed by atoms with Crippen LogP contribution in [0.1, 0.15) is 24.3 Å². The van der Waals surface area contributed by atoms with Gasteiger partial charge in [0, 0.05) is 31.4 Å². The molecular weight excluding hydrogens is 228 g/mol. The van der Waals surface area contributed by atoms with Crippen LogP contribution in [-0.2, 0) is 0 Å². The molecule has 2 N–H and O–H groups in total. The van der Waals surface area contributed by atoms with Gasteiger partial charge in [0.25, 0.3) is 5.91 Å². The maximum absolute atomic E-state index is 12.0. The molecule has 1 aliphatic rings. The SMILES string of the molecule is CC1CN(C(=O)c2ccn[nH]2)C(C)CN1.Cl. The fourth-order valence-electron chi connectivity index (χ4n) is 1.83. The molecule has 0 aromatic carbocycles. The molecule has 0 spiro atoms. The van der Waals surface area contributed by atoms with Crippen LogP contribution in [-0.4, -0.2) is 46.2 Å². The fraction of sp³-hybridized carbons (Fsp3) is 0.600. The quantitative estimate of drug-likeness (QED) is 0.763. The monoisotopic (exact) mass is 244 g/mol. The van der Waals surface area contributed by atoms with E-state index in [0.29, 0.717) is 11.7 Å². The predicted molar refractivity (Wildman–Crippen MR) is 63.8 cm³/mol. The van der Waals surface area contributed by atoms with Crippen molar-refractivity contribution in [2.24, 2.45) is 0 Å². The molecule has 1 aromatic heterocycles. The van der Waals surface area contributed by atoms with E-state index in [1.54, 1.807) is 12.3 Å². The molecule has 2 heterocycles. The van der Waals surface area contributed by atoms with E-state index < -0.39 is 0 Å². The van der Waals surface area contributed by atoms with Gasteiger partial charge in [0.1, 0.15) is 5.69 Å². The summed E-state index contributed by atoms with van der Waals surface area (Å²) in [5, 5.41) is 9.84. The summed E-state index contributed by atoms with van der Waals surface area (Å²) in [6, 6.07) is 2.30. The number of hydrogen-bond donors (Lipinski definition) is 2. The van der Waals surface area contributed by atoms with Gasteiger partial charge in [0.15, 0.2) is 0 Å². The van der Waals surface area contributed by atoms with Crippen molar-refractivity contribution < 1.29 is 4.79 Å². The third kappa shape index (κ3) is 2.54. The summed E-state index contributed by atoms with van der Waals surface area (Å²) in [4.78, 5) is 13.9. The molecular formula is C10H17ClN4O. The Labute approximate surface area is 101 Å². The van der Waals surface area contributed by atoms with E-state index in [1.165, 1.54) is 0 Å². The number of aromatic nitrogens is 2. The molecule has 6 heteroatoms. The number of nitrogens with one attached hydrogen (secondary N) is 2. The van der Waals surface area contributed by atoms with Crippen molar-refractivity contribution in [1.82, 2.24) is 20.4 Å². The van der Waals surface area contributed by atoms with Crippen molar-refractivity contribution in [3.63, 3.8) is 0 Å². The molecule has 2 unspecified atom stereocenters. The highest BCUT2D eigenvalue weighted by Crippen LogP contribution is 2.10. The number of amides is 1. The van der Waals surface area contributed by atoms with Gasteiger partial charge in [-0.2, -0.15) is 5.10 Å². The van der Waals surface area contributed by atoms with E-state index in [9.17, 15) is 4.79 Å². The summed E-state index contributed by atoms with van der Waals surface area (Å²) in [5.41, 5.74) is 0.566. The van der Waals surface area contributed by atoms with Gasteiger partial charge in [-0.05, 0) is 19.9 Å². The standard InChI is InChI=1S/C10H16N4O.ClH/c1-7-6-14(8(2)5-11-7)10(15)9-3-4-12-13-9;/h3-4,7-8,11H,5-6H2,1-2H3,(H,12,13);1H. The Morgan fingerprint density at radius 1 is 1.56 bits per heavy atom. The molecule has 1 amide bonds. The molecule has 2 rings (SSSR count). The minimum atomic E-state index is 0. The van der Waals surface area contributed by atoms with Gasteiger partial charge in [0.05, 0.1) is 0 Å². The van der Waals surface area contributed by atoms with Gasteiger partial charge >= 0.3 is 0 Å². The van der Waals surface area contributed by atoms with E-state index in [0.717, 1.165) is 13.1 Å². The number of piperazine rings is 1. The Hall–Kier alpha value is -1.07. The smallest absolute Gasteiger partial charge is 0.272 e. The van der Waals surface area contributed by atoms with Gasteiger partial charge < -0.3 is 10.2 Å².